The van der Waals surface area contributed by atoms with Gasteiger partial charge in [-0.25, -0.2) is 0 Å². The van der Waals surface area contributed by atoms with E-state index >= 15 is 0 Å². The van der Waals surface area contributed by atoms with Gasteiger partial charge in [-0.05, 0) is 28.7 Å². The number of furan rings is 1. The van der Waals surface area contributed by atoms with E-state index in [2.05, 4.69) is 114 Å². The van der Waals surface area contributed by atoms with Gasteiger partial charge in [0.05, 0.1) is 8.07 Å². The number of hydrogen-bond donors (Lipinski definition) is 0. The van der Waals surface area contributed by atoms with E-state index < -0.39 is 33.1 Å². The van der Waals surface area contributed by atoms with E-state index in [9.17, 15) is 0 Å². The molecule has 0 aliphatic heterocycles. The smallest absolute Gasteiger partial charge is 0.0599 e. The minimum absolute atomic E-state index is 0. The van der Waals surface area contributed by atoms with Gasteiger partial charge in [-0.15, -0.1) is 35.9 Å². The SMILES string of the molecule is C[Si](C)(C)c1ccc(-c2[c-]cccc2)nc1.[2H]C([2H])(c1ccnc(-c2[c-]ccc3c2oc2cc(-c4cc[c]([Ge]([CH3])([CH3])[CH3])cc4)ccc23)c1)C(C)(C)C.[Ir]. The summed E-state index contributed by atoms with van der Waals surface area (Å²) in [5.74, 6) is 7.23. The zero-order chi connectivity index (χ0) is 37.5. The molecule has 0 aliphatic rings. The molecule has 0 aliphatic carbocycles. The minimum Gasteiger partial charge on any atom is -0.0599 e. The van der Waals surface area contributed by atoms with Gasteiger partial charge < -0.3 is 4.98 Å². The zero-order valence-corrected chi connectivity index (χ0v) is 36.6. The quantitative estimate of drug-likeness (QED) is 0.123. The first-order chi connectivity index (χ1) is 24.4. The summed E-state index contributed by atoms with van der Waals surface area (Å²) in [6.45, 7) is 12.7. The Balaban J connectivity index is 0.000000267. The van der Waals surface area contributed by atoms with Crippen molar-refractivity contribution < 1.29 is 27.3 Å². The molecule has 0 spiro atoms. The van der Waals surface area contributed by atoms with Crippen LogP contribution in [0.15, 0.2) is 120 Å². The molecule has 0 N–H and O–H groups in total. The summed E-state index contributed by atoms with van der Waals surface area (Å²) in [6.07, 6.45) is 2.18. The summed E-state index contributed by atoms with van der Waals surface area (Å²) in [4.78, 5) is 9.08. The monoisotopic (exact) mass is 929 g/mol. The zero-order valence-electron chi connectivity index (χ0n) is 33.1. The van der Waals surface area contributed by atoms with Gasteiger partial charge in [-0.3, -0.25) is 0 Å². The Morgan fingerprint density at radius 1 is 0.765 bits per heavy atom. The molecule has 6 heteroatoms. The van der Waals surface area contributed by atoms with Crippen LogP contribution < -0.4 is 9.58 Å². The van der Waals surface area contributed by atoms with E-state index in [4.69, 9.17) is 7.16 Å². The van der Waals surface area contributed by atoms with Crippen molar-refractivity contribution in [1.82, 2.24) is 9.97 Å². The van der Waals surface area contributed by atoms with Gasteiger partial charge >= 0.3 is 155 Å². The molecule has 7 rings (SSSR count). The third-order valence-electron chi connectivity index (χ3n) is 8.67. The van der Waals surface area contributed by atoms with Gasteiger partial charge in [0.15, 0.2) is 0 Å². The van der Waals surface area contributed by atoms with Crippen LogP contribution in [0.1, 0.15) is 29.1 Å². The fourth-order valence-corrected chi connectivity index (χ4v) is 9.38. The maximum absolute atomic E-state index is 8.69. The summed E-state index contributed by atoms with van der Waals surface area (Å²) in [5.41, 5.74) is 7.37. The predicted molar refractivity (Wildman–Crippen MR) is 219 cm³/mol. The van der Waals surface area contributed by atoms with E-state index in [0.717, 1.165) is 44.3 Å². The Morgan fingerprint density at radius 3 is 2.14 bits per heavy atom. The molecular weight excluding hydrogens is 877 g/mol. The molecule has 0 atom stereocenters. The normalized spacial score (nSPS) is 12.8. The second kappa shape index (κ2) is 15.6. The number of benzene rings is 4. The molecule has 3 nitrogen and oxygen atoms in total. The molecule has 0 fully saturated rings. The van der Waals surface area contributed by atoms with Crippen LogP contribution in [0.4, 0.5) is 0 Å². The molecule has 0 amide bonds. The van der Waals surface area contributed by atoms with Crippen LogP contribution in [0.2, 0.25) is 36.9 Å². The van der Waals surface area contributed by atoms with Gasteiger partial charge in [0.1, 0.15) is 0 Å². The molecule has 1 radical (unpaired) electrons. The summed E-state index contributed by atoms with van der Waals surface area (Å²) in [7, 11) is -1.23. The number of fused-ring (bicyclic) bond motifs is 3. The third kappa shape index (κ3) is 9.44. The van der Waals surface area contributed by atoms with E-state index in [1.807, 2.05) is 69.4 Å². The Labute approximate surface area is 324 Å². The number of pyridine rings is 2. The van der Waals surface area contributed by atoms with Crippen molar-refractivity contribution >= 4 is 52.9 Å². The first-order valence-corrected chi connectivity index (χ1v) is 28.2. The number of rotatable bonds is 6. The molecular formula is C45H48GeIrN2OSi-2. The van der Waals surface area contributed by atoms with E-state index in [-0.39, 0.29) is 20.1 Å². The van der Waals surface area contributed by atoms with Crippen LogP contribution in [0, 0.1) is 17.5 Å². The Bertz CT molecular complexity index is 2320. The standard InChI is InChI=1S/C31H32GeNO.C14H16NSi.Ir/c1-31(2,3)20-21-16-17-33-28(18-21)27-9-7-8-26-25-15-12-23(19-29(25)34-30(26)27)22-10-13-24(14-11-22)32(4,5)6;1-16(2,3)13-9-10-14(15-11-13)12-7-5-4-6-8-12;/h7-8,10-19H,20H2,1-6H3;4-7,9-11H,1-3H3;/q2*-1;/i20D2;;. The third-order valence-corrected chi connectivity index (χ3v) is 15.0. The van der Waals surface area contributed by atoms with E-state index in [1.165, 1.54) is 15.1 Å². The summed E-state index contributed by atoms with van der Waals surface area (Å²) >= 11 is -1.85. The number of hydrogen-bond acceptors (Lipinski definition) is 3. The van der Waals surface area contributed by atoms with Gasteiger partial charge in [0, 0.05) is 35.2 Å². The fourth-order valence-electron chi connectivity index (χ4n) is 5.90. The van der Waals surface area contributed by atoms with Crippen LogP contribution in [0.5, 0.6) is 0 Å². The van der Waals surface area contributed by atoms with Crippen LogP contribution in [-0.2, 0) is 26.5 Å². The van der Waals surface area contributed by atoms with Crippen LogP contribution in [-0.4, -0.2) is 31.3 Å². The van der Waals surface area contributed by atoms with Gasteiger partial charge in [0.25, 0.3) is 0 Å². The minimum atomic E-state index is -1.85. The van der Waals surface area contributed by atoms with Crippen LogP contribution >= 0.6 is 0 Å². The Hall–Kier alpha value is -3.61. The molecule has 3 aromatic heterocycles. The molecule has 0 unspecified atom stereocenters. The van der Waals surface area contributed by atoms with Crippen LogP contribution in [0.3, 0.4) is 0 Å². The summed E-state index contributed by atoms with van der Waals surface area (Å²) < 4.78 is 25.3. The van der Waals surface area contributed by atoms with Crippen molar-refractivity contribution in [2.24, 2.45) is 5.41 Å². The van der Waals surface area contributed by atoms with Gasteiger partial charge in [0.2, 0.25) is 0 Å². The first kappa shape index (κ1) is 35.8. The molecule has 0 saturated heterocycles. The van der Waals surface area contributed by atoms with Crippen molar-refractivity contribution in [1.29, 1.82) is 0 Å². The first-order valence-electron chi connectivity index (χ1n) is 18.3. The van der Waals surface area contributed by atoms with Crippen molar-refractivity contribution in [3.05, 3.63) is 133 Å². The van der Waals surface area contributed by atoms with Gasteiger partial charge in [-0.2, -0.15) is 0 Å². The Kier molecular flexibility index (Phi) is 10.9. The predicted octanol–water partition coefficient (Wildman–Crippen LogP) is 11.3. The van der Waals surface area contributed by atoms with Crippen molar-refractivity contribution in [2.75, 3.05) is 0 Å². The molecule has 7 aromatic rings. The summed E-state index contributed by atoms with van der Waals surface area (Å²) in [6, 6.07) is 41.6. The van der Waals surface area contributed by atoms with E-state index in [1.54, 1.807) is 12.3 Å². The van der Waals surface area contributed by atoms with Crippen molar-refractivity contribution in [3.63, 3.8) is 0 Å². The molecule has 0 saturated carbocycles. The second-order valence-electron chi connectivity index (χ2n) is 16.0. The average Bonchev–Trinajstić information content (AvgIpc) is 3.49. The molecule has 3 heterocycles. The summed E-state index contributed by atoms with van der Waals surface area (Å²) in [5, 5.41) is 3.45. The molecule has 0 bridgehead atoms. The second-order valence-corrected chi connectivity index (χ2v) is 31.7. The molecule has 51 heavy (non-hydrogen) atoms. The molecule has 263 valence electrons. The number of aromatic nitrogens is 2. The number of nitrogens with zero attached hydrogens (tertiary/aromatic N) is 2. The fraction of sp³-hybridized carbons (Fsp3) is 0.244. The van der Waals surface area contributed by atoms with Crippen LogP contribution in [0.25, 0.3) is 55.6 Å². The maximum atomic E-state index is 8.69. The average molecular weight is 928 g/mol. The Morgan fingerprint density at radius 2 is 1.51 bits per heavy atom. The topological polar surface area (TPSA) is 38.9 Å². The van der Waals surface area contributed by atoms with Crippen molar-refractivity contribution in [2.45, 2.75) is 64.1 Å². The van der Waals surface area contributed by atoms with Gasteiger partial charge in [-0.1, -0.05) is 58.1 Å². The van der Waals surface area contributed by atoms with E-state index in [0.29, 0.717) is 11.3 Å². The van der Waals surface area contributed by atoms with Crippen molar-refractivity contribution in [3.8, 4) is 33.6 Å². The molecule has 4 aromatic carbocycles.